The molecule has 0 amide bonds. The van der Waals surface area contributed by atoms with Gasteiger partial charge < -0.3 is 10.1 Å². The molecule has 1 aromatic heterocycles. The zero-order valence-corrected chi connectivity index (χ0v) is 9.27. The lowest BCUT2D eigenvalue weighted by Gasteiger charge is -2.38. The number of nitrogens with zero attached hydrogens (tertiary/aromatic N) is 1. The second kappa shape index (κ2) is 4.38. The van der Waals surface area contributed by atoms with Gasteiger partial charge in [-0.3, -0.25) is 0 Å². The summed E-state index contributed by atoms with van der Waals surface area (Å²) < 4.78 is 5.19. The van der Waals surface area contributed by atoms with E-state index in [1.807, 2.05) is 11.6 Å². The SMILES string of the molecule is CC1(CNCCc2nccs2)COC1. The smallest absolute Gasteiger partial charge is 0.0937 e. The Labute approximate surface area is 88.5 Å². The highest BCUT2D eigenvalue weighted by atomic mass is 32.1. The summed E-state index contributed by atoms with van der Waals surface area (Å²) in [5.41, 5.74) is 0.378. The molecule has 2 heterocycles. The molecule has 0 bridgehead atoms. The van der Waals surface area contributed by atoms with Crippen LogP contribution in [0, 0.1) is 5.41 Å². The van der Waals surface area contributed by atoms with Gasteiger partial charge in [-0.2, -0.15) is 0 Å². The monoisotopic (exact) mass is 212 g/mol. The molecule has 0 spiro atoms. The van der Waals surface area contributed by atoms with Crippen molar-refractivity contribution >= 4 is 11.3 Å². The molecule has 14 heavy (non-hydrogen) atoms. The number of rotatable bonds is 5. The molecule has 0 aromatic carbocycles. The van der Waals surface area contributed by atoms with Gasteiger partial charge in [-0.15, -0.1) is 11.3 Å². The summed E-state index contributed by atoms with van der Waals surface area (Å²) in [4.78, 5) is 4.24. The first kappa shape index (κ1) is 10.1. The molecule has 0 saturated carbocycles. The first-order valence-electron chi connectivity index (χ1n) is 4.95. The Kier molecular flexibility index (Phi) is 3.15. The minimum atomic E-state index is 0.378. The van der Waals surface area contributed by atoms with Crippen LogP contribution in [0.2, 0.25) is 0 Å². The number of ether oxygens (including phenoxy) is 1. The predicted octanol–water partition coefficient (Wildman–Crippen LogP) is 1.31. The first-order chi connectivity index (χ1) is 6.79. The molecule has 4 heteroatoms. The highest BCUT2D eigenvalue weighted by molar-refractivity contribution is 7.09. The van der Waals surface area contributed by atoms with Crippen molar-refractivity contribution in [2.24, 2.45) is 5.41 Å². The molecule has 1 aromatic rings. The summed E-state index contributed by atoms with van der Waals surface area (Å²) in [6, 6.07) is 0. The zero-order valence-electron chi connectivity index (χ0n) is 8.45. The van der Waals surface area contributed by atoms with Crippen LogP contribution in [0.25, 0.3) is 0 Å². The summed E-state index contributed by atoms with van der Waals surface area (Å²) >= 11 is 1.72. The third kappa shape index (κ3) is 2.53. The molecule has 1 fully saturated rings. The predicted molar refractivity (Wildman–Crippen MR) is 57.6 cm³/mol. The van der Waals surface area contributed by atoms with Crippen molar-refractivity contribution in [3.05, 3.63) is 16.6 Å². The number of nitrogens with one attached hydrogen (secondary N) is 1. The largest absolute Gasteiger partial charge is 0.380 e. The van der Waals surface area contributed by atoms with Crippen LogP contribution in [-0.4, -0.2) is 31.3 Å². The van der Waals surface area contributed by atoms with E-state index in [9.17, 15) is 0 Å². The molecule has 1 aliphatic heterocycles. The Balaban J connectivity index is 1.59. The number of aromatic nitrogens is 1. The van der Waals surface area contributed by atoms with Gasteiger partial charge in [-0.1, -0.05) is 6.92 Å². The molecule has 2 rings (SSSR count). The fourth-order valence-electron chi connectivity index (χ4n) is 1.51. The molecule has 0 atom stereocenters. The summed E-state index contributed by atoms with van der Waals surface area (Å²) in [5.74, 6) is 0. The van der Waals surface area contributed by atoms with Gasteiger partial charge in [-0.25, -0.2) is 4.98 Å². The van der Waals surface area contributed by atoms with E-state index in [4.69, 9.17) is 4.74 Å². The van der Waals surface area contributed by atoms with Crippen LogP contribution < -0.4 is 5.32 Å². The van der Waals surface area contributed by atoms with Gasteiger partial charge in [0.2, 0.25) is 0 Å². The highest BCUT2D eigenvalue weighted by Gasteiger charge is 2.32. The van der Waals surface area contributed by atoms with E-state index in [-0.39, 0.29) is 0 Å². The fraction of sp³-hybridized carbons (Fsp3) is 0.700. The number of hydrogen-bond acceptors (Lipinski definition) is 4. The van der Waals surface area contributed by atoms with Crippen molar-refractivity contribution in [1.82, 2.24) is 10.3 Å². The van der Waals surface area contributed by atoms with Gasteiger partial charge >= 0.3 is 0 Å². The number of hydrogen-bond donors (Lipinski definition) is 1. The van der Waals surface area contributed by atoms with Gasteiger partial charge in [0.05, 0.1) is 18.2 Å². The zero-order chi connectivity index (χ0) is 9.86. The molecule has 0 aliphatic carbocycles. The fourth-order valence-corrected chi connectivity index (χ4v) is 2.13. The van der Waals surface area contributed by atoms with E-state index in [1.165, 1.54) is 5.01 Å². The summed E-state index contributed by atoms with van der Waals surface area (Å²) in [6.45, 7) is 6.13. The maximum Gasteiger partial charge on any atom is 0.0937 e. The van der Waals surface area contributed by atoms with Crippen molar-refractivity contribution in [3.8, 4) is 0 Å². The Bertz CT molecular complexity index is 270. The lowest BCUT2D eigenvalue weighted by molar-refractivity contribution is -0.0988. The second-order valence-electron chi connectivity index (χ2n) is 4.16. The quantitative estimate of drug-likeness (QED) is 0.747. The molecule has 0 unspecified atom stereocenters. The summed E-state index contributed by atoms with van der Waals surface area (Å²) in [6.07, 6.45) is 2.90. The van der Waals surface area contributed by atoms with Gasteiger partial charge in [0.15, 0.2) is 0 Å². The lowest BCUT2D eigenvalue weighted by Crippen LogP contribution is -2.47. The summed E-state index contributed by atoms with van der Waals surface area (Å²) in [7, 11) is 0. The van der Waals surface area contributed by atoms with Crippen LogP contribution in [0.1, 0.15) is 11.9 Å². The molecular weight excluding hydrogens is 196 g/mol. The number of thiazole rings is 1. The van der Waals surface area contributed by atoms with Crippen LogP contribution in [0.15, 0.2) is 11.6 Å². The van der Waals surface area contributed by atoms with Gasteiger partial charge in [0, 0.05) is 36.5 Å². The van der Waals surface area contributed by atoms with Crippen molar-refractivity contribution in [1.29, 1.82) is 0 Å². The van der Waals surface area contributed by atoms with Crippen LogP contribution in [0.3, 0.4) is 0 Å². The standard InChI is InChI=1S/C10H16N2OS/c1-10(7-13-8-10)6-11-3-2-9-12-4-5-14-9/h4-5,11H,2-3,6-8H2,1H3. The maximum absolute atomic E-state index is 5.19. The molecule has 1 saturated heterocycles. The Morgan fingerprint density at radius 3 is 3.07 bits per heavy atom. The Morgan fingerprint density at radius 1 is 1.64 bits per heavy atom. The van der Waals surface area contributed by atoms with Gasteiger partial charge in [-0.05, 0) is 0 Å². The minimum Gasteiger partial charge on any atom is -0.380 e. The molecule has 3 nitrogen and oxygen atoms in total. The lowest BCUT2D eigenvalue weighted by atomic mass is 9.89. The van der Waals surface area contributed by atoms with E-state index >= 15 is 0 Å². The third-order valence-electron chi connectivity index (χ3n) is 2.45. The van der Waals surface area contributed by atoms with Gasteiger partial charge in [0.1, 0.15) is 0 Å². The highest BCUT2D eigenvalue weighted by Crippen LogP contribution is 2.24. The average Bonchev–Trinajstić information content (AvgIpc) is 2.62. The van der Waals surface area contributed by atoms with Gasteiger partial charge in [0.25, 0.3) is 0 Å². The molecule has 0 radical (unpaired) electrons. The first-order valence-corrected chi connectivity index (χ1v) is 5.83. The van der Waals surface area contributed by atoms with Crippen molar-refractivity contribution < 1.29 is 4.74 Å². The Morgan fingerprint density at radius 2 is 2.50 bits per heavy atom. The molecule has 1 aliphatic rings. The normalized spacial score (nSPS) is 19.2. The van der Waals surface area contributed by atoms with E-state index in [0.29, 0.717) is 5.41 Å². The van der Waals surface area contributed by atoms with Crippen molar-refractivity contribution in [2.75, 3.05) is 26.3 Å². The van der Waals surface area contributed by atoms with E-state index < -0.39 is 0 Å². The van der Waals surface area contributed by atoms with Crippen molar-refractivity contribution in [2.45, 2.75) is 13.3 Å². The van der Waals surface area contributed by atoms with Crippen molar-refractivity contribution in [3.63, 3.8) is 0 Å². The topological polar surface area (TPSA) is 34.2 Å². The van der Waals surface area contributed by atoms with E-state index in [0.717, 1.165) is 32.7 Å². The Hall–Kier alpha value is -0.450. The third-order valence-corrected chi connectivity index (χ3v) is 3.29. The van der Waals surface area contributed by atoms with E-state index in [2.05, 4.69) is 17.2 Å². The van der Waals surface area contributed by atoms with E-state index in [1.54, 1.807) is 11.3 Å². The van der Waals surface area contributed by atoms with Crippen LogP contribution in [0.5, 0.6) is 0 Å². The molecular formula is C10H16N2OS. The molecule has 78 valence electrons. The minimum absolute atomic E-state index is 0.378. The summed E-state index contributed by atoms with van der Waals surface area (Å²) in [5, 5.41) is 6.69. The van der Waals surface area contributed by atoms with Crippen LogP contribution >= 0.6 is 11.3 Å². The maximum atomic E-state index is 5.19. The van der Waals surface area contributed by atoms with Crippen LogP contribution in [-0.2, 0) is 11.2 Å². The second-order valence-corrected chi connectivity index (χ2v) is 5.14. The molecule has 1 N–H and O–H groups in total. The van der Waals surface area contributed by atoms with Crippen LogP contribution in [0.4, 0.5) is 0 Å². The average molecular weight is 212 g/mol.